The number of hydrogen-bond acceptors (Lipinski definition) is 2. The van der Waals surface area contributed by atoms with Gasteiger partial charge in [-0.15, -0.1) is 0 Å². The van der Waals surface area contributed by atoms with E-state index in [-0.39, 0.29) is 35.5 Å². The number of hydrogen-bond donors (Lipinski definition) is 2. The molecule has 2 bridgehead atoms. The van der Waals surface area contributed by atoms with Crippen molar-refractivity contribution in [1.29, 1.82) is 0 Å². The molecule has 0 aromatic carbocycles. The van der Waals surface area contributed by atoms with Gasteiger partial charge in [-0.05, 0) is 31.1 Å². The van der Waals surface area contributed by atoms with Crippen LogP contribution in [-0.2, 0) is 9.59 Å². The zero-order valence-electron chi connectivity index (χ0n) is 11.8. The van der Waals surface area contributed by atoms with Gasteiger partial charge in [0.2, 0.25) is 11.8 Å². The Balaban J connectivity index is 2.04. The second-order valence-electron chi connectivity index (χ2n) is 5.58. The molecule has 19 heavy (non-hydrogen) atoms. The lowest BCUT2D eigenvalue weighted by atomic mass is 9.81. The number of allylic oxidation sites excluding steroid dienone is 2. The first-order chi connectivity index (χ1) is 9.19. The highest BCUT2D eigenvalue weighted by molar-refractivity contribution is 5.89. The van der Waals surface area contributed by atoms with Gasteiger partial charge in [0, 0.05) is 13.1 Å². The van der Waals surface area contributed by atoms with E-state index in [9.17, 15) is 9.59 Å². The zero-order valence-corrected chi connectivity index (χ0v) is 11.8. The lowest BCUT2D eigenvalue weighted by Crippen LogP contribution is -2.44. The van der Waals surface area contributed by atoms with E-state index in [4.69, 9.17) is 0 Å². The Morgan fingerprint density at radius 3 is 1.74 bits per heavy atom. The van der Waals surface area contributed by atoms with Crippen LogP contribution in [0.5, 0.6) is 0 Å². The molecule has 0 radical (unpaired) electrons. The number of rotatable bonds is 6. The summed E-state index contributed by atoms with van der Waals surface area (Å²) in [4.78, 5) is 24.5. The molecule has 0 aliphatic heterocycles. The zero-order chi connectivity index (χ0) is 13.8. The van der Waals surface area contributed by atoms with E-state index in [0.717, 1.165) is 19.3 Å². The van der Waals surface area contributed by atoms with Crippen LogP contribution in [0.1, 0.15) is 33.1 Å². The van der Waals surface area contributed by atoms with Crippen LogP contribution in [0.2, 0.25) is 0 Å². The summed E-state index contributed by atoms with van der Waals surface area (Å²) in [5.41, 5.74) is 0. The van der Waals surface area contributed by atoms with E-state index in [1.165, 1.54) is 0 Å². The summed E-state index contributed by atoms with van der Waals surface area (Å²) < 4.78 is 0. The lowest BCUT2D eigenvalue weighted by molar-refractivity contribution is -0.135. The highest BCUT2D eigenvalue weighted by atomic mass is 16.2. The first-order valence-electron chi connectivity index (χ1n) is 7.42. The van der Waals surface area contributed by atoms with Crippen molar-refractivity contribution in [2.75, 3.05) is 13.1 Å². The molecule has 0 aromatic heterocycles. The van der Waals surface area contributed by atoms with Crippen molar-refractivity contribution in [3.8, 4) is 0 Å². The Hall–Kier alpha value is -1.32. The molecule has 4 atom stereocenters. The molecule has 0 aromatic rings. The third-order valence-electron chi connectivity index (χ3n) is 4.16. The van der Waals surface area contributed by atoms with Gasteiger partial charge in [-0.3, -0.25) is 9.59 Å². The summed E-state index contributed by atoms with van der Waals surface area (Å²) in [5, 5.41) is 5.89. The largest absolute Gasteiger partial charge is 0.356 e. The third-order valence-corrected chi connectivity index (χ3v) is 4.16. The van der Waals surface area contributed by atoms with E-state index < -0.39 is 0 Å². The van der Waals surface area contributed by atoms with Crippen LogP contribution >= 0.6 is 0 Å². The molecule has 2 rings (SSSR count). The molecule has 2 amide bonds. The first kappa shape index (κ1) is 14.1. The van der Waals surface area contributed by atoms with Gasteiger partial charge in [0.15, 0.2) is 0 Å². The number of nitrogens with one attached hydrogen (secondary N) is 2. The monoisotopic (exact) mass is 264 g/mol. The van der Waals surface area contributed by atoms with Gasteiger partial charge in [-0.2, -0.15) is 0 Å². The van der Waals surface area contributed by atoms with E-state index in [1.807, 2.05) is 13.8 Å². The predicted molar refractivity (Wildman–Crippen MR) is 74.3 cm³/mol. The Kier molecular flexibility index (Phi) is 4.61. The van der Waals surface area contributed by atoms with E-state index in [0.29, 0.717) is 13.1 Å². The number of carbonyl (C=O) groups excluding carboxylic acids is 2. The molecule has 4 heteroatoms. The molecule has 1 saturated carbocycles. The van der Waals surface area contributed by atoms with Gasteiger partial charge in [0.1, 0.15) is 0 Å². The standard InChI is InChI=1S/C15H24N2O2/c1-3-7-16-14(18)12-10-5-6-11(9-10)13(12)15(19)17-8-4-2/h5-6,10-13H,3-4,7-9H2,1-2H3,(H,16,18)(H,17,19)/t10-,11+,12-,13-/m0/s1. The molecule has 0 saturated heterocycles. The summed E-state index contributed by atoms with van der Waals surface area (Å²) in [6, 6.07) is 0. The van der Waals surface area contributed by atoms with Crippen molar-refractivity contribution in [2.24, 2.45) is 23.7 Å². The van der Waals surface area contributed by atoms with E-state index >= 15 is 0 Å². The van der Waals surface area contributed by atoms with Gasteiger partial charge in [-0.25, -0.2) is 0 Å². The topological polar surface area (TPSA) is 58.2 Å². The quantitative estimate of drug-likeness (QED) is 0.714. The number of amides is 2. The Bertz CT molecular complexity index is 344. The van der Waals surface area contributed by atoms with Crippen molar-refractivity contribution in [3.63, 3.8) is 0 Å². The molecule has 2 aliphatic carbocycles. The first-order valence-corrected chi connectivity index (χ1v) is 7.42. The van der Waals surface area contributed by atoms with E-state index in [1.54, 1.807) is 0 Å². The molecular formula is C15H24N2O2. The van der Waals surface area contributed by atoms with Gasteiger partial charge >= 0.3 is 0 Å². The van der Waals surface area contributed by atoms with Crippen molar-refractivity contribution < 1.29 is 9.59 Å². The molecule has 0 spiro atoms. The van der Waals surface area contributed by atoms with Crippen molar-refractivity contribution >= 4 is 11.8 Å². The molecule has 106 valence electrons. The average molecular weight is 264 g/mol. The van der Waals surface area contributed by atoms with Gasteiger partial charge in [0.05, 0.1) is 11.8 Å². The molecule has 2 aliphatic rings. The Morgan fingerprint density at radius 2 is 1.37 bits per heavy atom. The minimum Gasteiger partial charge on any atom is -0.356 e. The lowest BCUT2D eigenvalue weighted by Gasteiger charge is -2.26. The fourth-order valence-corrected chi connectivity index (χ4v) is 3.27. The molecule has 4 nitrogen and oxygen atoms in total. The molecule has 2 N–H and O–H groups in total. The molecule has 0 unspecified atom stereocenters. The summed E-state index contributed by atoms with van der Waals surface area (Å²) in [5.74, 6) is 0.265. The second kappa shape index (κ2) is 6.22. The Labute approximate surface area is 115 Å². The van der Waals surface area contributed by atoms with Crippen LogP contribution in [0.15, 0.2) is 12.2 Å². The van der Waals surface area contributed by atoms with E-state index in [2.05, 4.69) is 22.8 Å². The summed E-state index contributed by atoms with van der Waals surface area (Å²) in [6.45, 7) is 5.46. The van der Waals surface area contributed by atoms with Crippen LogP contribution < -0.4 is 10.6 Å². The minimum absolute atomic E-state index is 0.0512. The SMILES string of the molecule is CCCNC(=O)[C@@H]1[C@@H](C(=O)NCCC)[C@H]2C=C[C@@H]1C2. The van der Waals surface area contributed by atoms with Crippen molar-refractivity contribution in [2.45, 2.75) is 33.1 Å². The maximum Gasteiger partial charge on any atom is 0.224 e. The third kappa shape index (κ3) is 2.82. The van der Waals surface area contributed by atoms with Crippen LogP contribution in [0, 0.1) is 23.7 Å². The summed E-state index contributed by atoms with van der Waals surface area (Å²) >= 11 is 0. The van der Waals surface area contributed by atoms with Crippen LogP contribution in [0.25, 0.3) is 0 Å². The fourth-order valence-electron chi connectivity index (χ4n) is 3.27. The smallest absolute Gasteiger partial charge is 0.224 e. The van der Waals surface area contributed by atoms with Crippen LogP contribution in [0.4, 0.5) is 0 Å². The van der Waals surface area contributed by atoms with Crippen LogP contribution in [0.3, 0.4) is 0 Å². The van der Waals surface area contributed by atoms with Crippen molar-refractivity contribution in [3.05, 3.63) is 12.2 Å². The predicted octanol–water partition coefficient (Wildman–Crippen LogP) is 1.48. The highest BCUT2D eigenvalue weighted by Crippen LogP contribution is 2.48. The highest BCUT2D eigenvalue weighted by Gasteiger charge is 2.51. The average Bonchev–Trinajstić information content (AvgIpc) is 3.02. The number of carbonyl (C=O) groups is 2. The maximum atomic E-state index is 12.3. The Morgan fingerprint density at radius 1 is 0.947 bits per heavy atom. The number of fused-ring (bicyclic) bond motifs is 2. The fraction of sp³-hybridized carbons (Fsp3) is 0.733. The van der Waals surface area contributed by atoms with Gasteiger partial charge in [-0.1, -0.05) is 26.0 Å². The second-order valence-corrected chi connectivity index (χ2v) is 5.58. The van der Waals surface area contributed by atoms with Crippen LogP contribution in [-0.4, -0.2) is 24.9 Å². The summed E-state index contributed by atoms with van der Waals surface area (Å²) in [6.07, 6.45) is 7.04. The normalized spacial score (nSPS) is 31.5. The summed E-state index contributed by atoms with van der Waals surface area (Å²) in [7, 11) is 0. The molecule has 1 fully saturated rings. The minimum atomic E-state index is -0.168. The molecule has 0 heterocycles. The molecular weight excluding hydrogens is 240 g/mol. The maximum absolute atomic E-state index is 12.3. The van der Waals surface area contributed by atoms with Crippen molar-refractivity contribution in [1.82, 2.24) is 10.6 Å². The van der Waals surface area contributed by atoms with Gasteiger partial charge < -0.3 is 10.6 Å². The van der Waals surface area contributed by atoms with Gasteiger partial charge in [0.25, 0.3) is 0 Å².